The Labute approximate surface area is 189 Å². The molecule has 0 heterocycles. The van der Waals surface area contributed by atoms with Gasteiger partial charge in [0.2, 0.25) is 11.8 Å². The fourth-order valence-electron chi connectivity index (χ4n) is 3.76. The summed E-state index contributed by atoms with van der Waals surface area (Å²) in [4.78, 5) is 27.6. The van der Waals surface area contributed by atoms with Crippen LogP contribution in [-0.4, -0.2) is 28.3 Å². The first-order chi connectivity index (χ1) is 15.2. The average Bonchev–Trinajstić information content (AvgIpc) is 2.75. The first-order valence-electron chi connectivity index (χ1n) is 11.0. The lowest BCUT2D eigenvalue weighted by Crippen LogP contribution is -2.52. The van der Waals surface area contributed by atoms with E-state index >= 15 is 0 Å². The molecule has 0 radical (unpaired) electrons. The number of nitrogens with one attached hydrogen (secondary N) is 1. The monoisotopic (exact) mass is 434 g/mol. The second-order valence-corrected chi connectivity index (χ2v) is 9.17. The Bertz CT molecular complexity index is 1100. The molecule has 0 aliphatic heterocycles. The second kappa shape index (κ2) is 9.94. The van der Waals surface area contributed by atoms with Crippen LogP contribution in [0.1, 0.15) is 45.2 Å². The van der Waals surface area contributed by atoms with Crippen molar-refractivity contribution in [3.05, 3.63) is 83.7 Å². The zero-order valence-electron chi connectivity index (χ0n) is 19.2. The molecule has 0 fully saturated rings. The van der Waals surface area contributed by atoms with Gasteiger partial charge in [-0.15, -0.1) is 0 Å². The SMILES string of the molecule is C[C@@H](C(=O)NC(C)(C)C)N(Cc1ccccc1F)C(=O)CCc1cccc2ccccc12. The molecule has 1 N–H and O–H groups in total. The van der Waals surface area contributed by atoms with Crippen LogP contribution in [0.5, 0.6) is 0 Å². The van der Waals surface area contributed by atoms with Crippen molar-refractivity contribution in [1.82, 2.24) is 10.2 Å². The van der Waals surface area contributed by atoms with E-state index in [0.29, 0.717) is 12.0 Å². The molecule has 3 rings (SSSR count). The number of carbonyl (C=O) groups is 2. The summed E-state index contributed by atoms with van der Waals surface area (Å²) in [6.07, 6.45) is 0.775. The third kappa shape index (κ3) is 5.94. The fourth-order valence-corrected chi connectivity index (χ4v) is 3.76. The van der Waals surface area contributed by atoms with Crippen molar-refractivity contribution in [3.8, 4) is 0 Å². The van der Waals surface area contributed by atoms with Gasteiger partial charge in [0.1, 0.15) is 11.9 Å². The molecule has 0 saturated heterocycles. The predicted octanol–water partition coefficient (Wildman–Crippen LogP) is 5.24. The van der Waals surface area contributed by atoms with E-state index in [9.17, 15) is 14.0 Å². The van der Waals surface area contributed by atoms with Gasteiger partial charge in [0.25, 0.3) is 0 Å². The molecule has 0 aromatic heterocycles. The molecule has 4 nitrogen and oxygen atoms in total. The Morgan fingerprint density at radius 3 is 2.28 bits per heavy atom. The van der Waals surface area contributed by atoms with Crippen LogP contribution in [0.15, 0.2) is 66.7 Å². The summed E-state index contributed by atoms with van der Waals surface area (Å²) < 4.78 is 14.3. The van der Waals surface area contributed by atoms with Crippen molar-refractivity contribution in [2.45, 2.75) is 58.7 Å². The summed E-state index contributed by atoms with van der Waals surface area (Å²) in [5.41, 5.74) is 1.04. The molecule has 0 bridgehead atoms. The molecule has 3 aromatic carbocycles. The Hall–Kier alpha value is -3.21. The normalized spacial score (nSPS) is 12.4. The highest BCUT2D eigenvalue weighted by Gasteiger charge is 2.28. The molecule has 1 atom stereocenters. The number of carbonyl (C=O) groups excluding carboxylic acids is 2. The lowest BCUT2D eigenvalue weighted by Gasteiger charge is -2.31. The zero-order chi connectivity index (χ0) is 23.3. The van der Waals surface area contributed by atoms with Gasteiger partial charge >= 0.3 is 0 Å². The van der Waals surface area contributed by atoms with E-state index < -0.39 is 11.6 Å². The van der Waals surface area contributed by atoms with Crippen LogP contribution < -0.4 is 5.32 Å². The lowest BCUT2D eigenvalue weighted by molar-refractivity contribution is -0.141. The van der Waals surface area contributed by atoms with E-state index in [4.69, 9.17) is 0 Å². The number of aryl methyl sites for hydroxylation is 1. The van der Waals surface area contributed by atoms with Gasteiger partial charge in [-0.3, -0.25) is 9.59 Å². The molecule has 168 valence electrons. The summed E-state index contributed by atoms with van der Waals surface area (Å²) in [6.45, 7) is 7.40. The maximum atomic E-state index is 14.3. The van der Waals surface area contributed by atoms with Gasteiger partial charge in [0.05, 0.1) is 0 Å². The second-order valence-electron chi connectivity index (χ2n) is 9.17. The van der Waals surface area contributed by atoms with Crippen LogP contribution in [0.4, 0.5) is 4.39 Å². The third-order valence-electron chi connectivity index (χ3n) is 5.45. The van der Waals surface area contributed by atoms with Crippen LogP contribution >= 0.6 is 0 Å². The first-order valence-corrected chi connectivity index (χ1v) is 11.0. The van der Waals surface area contributed by atoms with E-state index in [-0.39, 0.29) is 30.6 Å². The van der Waals surface area contributed by atoms with E-state index in [1.54, 1.807) is 25.1 Å². The molecular formula is C27H31FN2O2. The predicted molar refractivity (Wildman–Crippen MR) is 127 cm³/mol. The molecule has 2 amide bonds. The van der Waals surface area contributed by atoms with E-state index in [0.717, 1.165) is 16.3 Å². The average molecular weight is 435 g/mol. The van der Waals surface area contributed by atoms with Crippen molar-refractivity contribution in [2.75, 3.05) is 0 Å². The molecule has 0 spiro atoms. The van der Waals surface area contributed by atoms with Crippen LogP contribution in [-0.2, 0) is 22.6 Å². The van der Waals surface area contributed by atoms with Crippen molar-refractivity contribution in [3.63, 3.8) is 0 Å². The minimum Gasteiger partial charge on any atom is -0.350 e. The summed E-state index contributed by atoms with van der Waals surface area (Å²) in [5.74, 6) is -0.826. The smallest absolute Gasteiger partial charge is 0.242 e. The molecule has 5 heteroatoms. The molecule has 32 heavy (non-hydrogen) atoms. The third-order valence-corrected chi connectivity index (χ3v) is 5.45. The zero-order valence-corrected chi connectivity index (χ0v) is 19.2. The standard InChI is InChI=1S/C27H31FN2O2/c1-19(26(32)29-27(2,3)4)30(18-22-11-6-8-15-24(22)28)25(31)17-16-21-13-9-12-20-10-5-7-14-23(20)21/h5-15,19H,16-18H2,1-4H3,(H,29,32)/t19-/m0/s1. The van der Waals surface area contributed by atoms with Gasteiger partial charge in [-0.2, -0.15) is 0 Å². The van der Waals surface area contributed by atoms with Gasteiger partial charge in [0, 0.05) is 24.1 Å². The van der Waals surface area contributed by atoms with E-state index in [1.165, 1.54) is 11.0 Å². The highest BCUT2D eigenvalue weighted by molar-refractivity contribution is 5.89. The van der Waals surface area contributed by atoms with Crippen molar-refractivity contribution >= 4 is 22.6 Å². The van der Waals surface area contributed by atoms with E-state index in [2.05, 4.69) is 5.32 Å². The van der Waals surface area contributed by atoms with Gasteiger partial charge in [-0.05, 0) is 56.5 Å². The molecular weight excluding hydrogens is 403 g/mol. The minimum atomic E-state index is -0.728. The number of amides is 2. The van der Waals surface area contributed by atoms with Crippen LogP contribution in [0, 0.1) is 5.82 Å². The number of hydrogen-bond donors (Lipinski definition) is 1. The Balaban J connectivity index is 1.82. The number of halogens is 1. The maximum Gasteiger partial charge on any atom is 0.242 e. The lowest BCUT2D eigenvalue weighted by atomic mass is 10.0. The van der Waals surface area contributed by atoms with Gasteiger partial charge in [-0.1, -0.05) is 60.7 Å². The quantitative estimate of drug-likeness (QED) is 0.553. The van der Waals surface area contributed by atoms with Gasteiger partial charge < -0.3 is 10.2 Å². The Morgan fingerprint density at radius 2 is 1.56 bits per heavy atom. The van der Waals surface area contributed by atoms with Crippen molar-refractivity contribution in [2.24, 2.45) is 0 Å². The van der Waals surface area contributed by atoms with Crippen molar-refractivity contribution < 1.29 is 14.0 Å². The number of nitrogens with zero attached hydrogens (tertiary/aromatic N) is 1. The minimum absolute atomic E-state index is 0.0414. The highest BCUT2D eigenvalue weighted by atomic mass is 19.1. The number of fused-ring (bicyclic) bond motifs is 1. The number of benzene rings is 3. The topological polar surface area (TPSA) is 49.4 Å². The van der Waals surface area contributed by atoms with Crippen molar-refractivity contribution in [1.29, 1.82) is 0 Å². The number of hydrogen-bond acceptors (Lipinski definition) is 2. The summed E-state index contributed by atoms with van der Waals surface area (Å²) in [6, 6.07) is 19.8. The summed E-state index contributed by atoms with van der Waals surface area (Å²) >= 11 is 0. The maximum absolute atomic E-state index is 14.3. The molecule has 0 aliphatic carbocycles. The van der Waals surface area contributed by atoms with Gasteiger partial charge in [-0.25, -0.2) is 4.39 Å². The Morgan fingerprint density at radius 1 is 0.938 bits per heavy atom. The Kier molecular flexibility index (Phi) is 7.29. The molecule has 3 aromatic rings. The fraction of sp³-hybridized carbons (Fsp3) is 0.333. The first kappa shape index (κ1) is 23.5. The summed E-state index contributed by atoms with van der Waals surface area (Å²) in [7, 11) is 0. The van der Waals surface area contributed by atoms with Gasteiger partial charge in [0.15, 0.2) is 0 Å². The summed E-state index contributed by atoms with van der Waals surface area (Å²) in [5, 5.41) is 5.16. The van der Waals surface area contributed by atoms with Crippen LogP contribution in [0.3, 0.4) is 0 Å². The molecule has 0 saturated carbocycles. The highest BCUT2D eigenvalue weighted by Crippen LogP contribution is 2.21. The largest absolute Gasteiger partial charge is 0.350 e. The van der Waals surface area contributed by atoms with Crippen LogP contribution in [0.25, 0.3) is 10.8 Å². The molecule has 0 aliphatic rings. The molecule has 0 unspecified atom stereocenters. The van der Waals surface area contributed by atoms with E-state index in [1.807, 2.05) is 63.2 Å². The number of rotatable bonds is 7. The van der Waals surface area contributed by atoms with Crippen LogP contribution in [0.2, 0.25) is 0 Å².